The van der Waals surface area contributed by atoms with Gasteiger partial charge in [-0.3, -0.25) is 4.79 Å². The molecule has 0 radical (unpaired) electrons. The topological polar surface area (TPSA) is 64.9 Å². The fourth-order valence-electron chi connectivity index (χ4n) is 2.53. The van der Waals surface area contributed by atoms with Crippen molar-refractivity contribution in [1.29, 1.82) is 0 Å². The molecule has 2 heterocycles. The highest BCUT2D eigenvalue weighted by molar-refractivity contribution is 5.92. The number of carbonyl (C=O) groups excluding carboxylic acids is 1. The Labute approximate surface area is 152 Å². The number of fused-ring (bicyclic) bond motifs is 1. The van der Waals surface area contributed by atoms with Gasteiger partial charge < -0.3 is 19.2 Å². The fraction of sp³-hybridized carbons (Fsp3) is 0.300. The molecule has 3 aromatic rings. The van der Waals surface area contributed by atoms with Gasteiger partial charge in [0, 0.05) is 30.1 Å². The summed E-state index contributed by atoms with van der Waals surface area (Å²) >= 11 is 0. The molecule has 3 rings (SSSR count). The van der Waals surface area contributed by atoms with Crippen LogP contribution in [0.15, 0.2) is 48.8 Å². The minimum atomic E-state index is -0.0422. The second kappa shape index (κ2) is 7.91. The second-order valence-corrected chi connectivity index (χ2v) is 6.15. The van der Waals surface area contributed by atoms with Crippen LogP contribution < -0.4 is 14.8 Å². The van der Waals surface area contributed by atoms with Crippen molar-refractivity contribution >= 4 is 17.2 Å². The maximum absolute atomic E-state index is 12.1. The van der Waals surface area contributed by atoms with Crippen LogP contribution >= 0.6 is 0 Å². The molecular formula is C20H23N3O3. The number of benzene rings is 1. The predicted molar refractivity (Wildman–Crippen MR) is 101 cm³/mol. The number of nitrogens with one attached hydrogen (secondary N) is 1. The summed E-state index contributed by atoms with van der Waals surface area (Å²) < 4.78 is 13.2. The summed E-state index contributed by atoms with van der Waals surface area (Å²) in [4.78, 5) is 16.6. The Kier molecular flexibility index (Phi) is 5.41. The van der Waals surface area contributed by atoms with E-state index >= 15 is 0 Å². The molecule has 1 N–H and O–H groups in total. The Morgan fingerprint density at radius 1 is 1.27 bits per heavy atom. The van der Waals surface area contributed by atoms with Gasteiger partial charge in [-0.05, 0) is 30.7 Å². The maximum Gasteiger partial charge on any atom is 0.227 e. The molecule has 0 aliphatic carbocycles. The van der Waals surface area contributed by atoms with Crippen LogP contribution in [0.25, 0.3) is 5.65 Å². The first-order chi connectivity index (χ1) is 12.6. The summed E-state index contributed by atoms with van der Waals surface area (Å²) in [5.41, 5.74) is 2.36. The Hall–Kier alpha value is -3.02. The summed E-state index contributed by atoms with van der Waals surface area (Å²) in [5, 5.41) is 2.91. The number of rotatable bonds is 7. The van der Waals surface area contributed by atoms with E-state index in [1.807, 2.05) is 48.8 Å². The van der Waals surface area contributed by atoms with Gasteiger partial charge in [-0.15, -0.1) is 0 Å². The van der Waals surface area contributed by atoms with Crippen molar-refractivity contribution in [3.05, 3.63) is 54.5 Å². The predicted octanol–water partition coefficient (Wildman–Crippen LogP) is 3.91. The zero-order valence-electron chi connectivity index (χ0n) is 15.2. The Balaban J connectivity index is 1.74. The van der Waals surface area contributed by atoms with Gasteiger partial charge in [0.25, 0.3) is 0 Å². The van der Waals surface area contributed by atoms with Gasteiger partial charge >= 0.3 is 0 Å². The van der Waals surface area contributed by atoms with Gasteiger partial charge in [0.2, 0.25) is 5.91 Å². The van der Waals surface area contributed by atoms with Gasteiger partial charge in [-0.2, -0.15) is 0 Å². The summed E-state index contributed by atoms with van der Waals surface area (Å²) in [6.07, 6.45) is 4.66. The Morgan fingerprint density at radius 2 is 2.12 bits per heavy atom. The van der Waals surface area contributed by atoms with Crippen molar-refractivity contribution in [2.45, 2.75) is 26.9 Å². The van der Waals surface area contributed by atoms with E-state index in [1.54, 1.807) is 25.3 Å². The SMILES string of the molecule is CCC(C)C(=O)Nc1ccc(OC)c(OCc2cn3ccccc3n2)c1. The molecule has 1 atom stereocenters. The van der Waals surface area contributed by atoms with Crippen molar-refractivity contribution < 1.29 is 14.3 Å². The summed E-state index contributed by atoms with van der Waals surface area (Å²) in [6.45, 7) is 4.20. The smallest absolute Gasteiger partial charge is 0.227 e. The van der Waals surface area contributed by atoms with Crippen molar-refractivity contribution in [3.63, 3.8) is 0 Å². The van der Waals surface area contributed by atoms with Crippen LogP contribution in [0.4, 0.5) is 5.69 Å². The number of anilines is 1. The number of nitrogens with zero attached hydrogens (tertiary/aromatic N) is 2. The monoisotopic (exact) mass is 353 g/mol. The Morgan fingerprint density at radius 3 is 2.85 bits per heavy atom. The van der Waals surface area contributed by atoms with Crippen LogP contribution in [0.5, 0.6) is 11.5 Å². The van der Waals surface area contributed by atoms with Crippen LogP contribution in [0, 0.1) is 5.92 Å². The number of aromatic nitrogens is 2. The quantitative estimate of drug-likeness (QED) is 0.699. The number of carbonyl (C=O) groups is 1. The number of pyridine rings is 1. The number of ether oxygens (including phenoxy) is 2. The standard InChI is InChI=1S/C20H23N3O3/c1-4-14(2)20(24)22-15-8-9-17(25-3)18(11-15)26-13-16-12-23-10-6-5-7-19(23)21-16/h5-12,14H,4,13H2,1-3H3,(H,22,24). The van der Waals surface area contributed by atoms with E-state index in [0.717, 1.165) is 17.8 Å². The minimum absolute atomic E-state index is 0.0102. The molecule has 0 fully saturated rings. The second-order valence-electron chi connectivity index (χ2n) is 6.15. The third-order valence-electron chi connectivity index (χ3n) is 4.28. The van der Waals surface area contributed by atoms with E-state index in [0.29, 0.717) is 23.8 Å². The zero-order chi connectivity index (χ0) is 18.5. The molecule has 0 saturated heterocycles. The van der Waals surface area contributed by atoms with E-state index in [9.17, 15) is 4.79 Å². The van der Waals surface area contributed by atoms with E-state index in [-0.39, 0.29) is 11.8 Å². The van der Waals surface area contributed by atoms with E-state index in [2.05, 4.69) is 10.3 Å². The normalized spacial score (nSPS) is 12.0. The molecule has 0 saturated carbocycles. The number of hydrogen-bond donors (Lipinski definition) is 1. The number of imidazole rings is 1. The van der Waals surface area contributed by atoms with Crippen molar-refractivity contribution in [2.24, 2.45) is 5.92 Å². The molecule has 1 aromatic carbocycles. The van der Waals surface area contributed by atoms with Crippen molar-refractivity contribution in [2.75, 3.05) is 12.4 Å². The first kappa shape index (κ1) is 17.8. The fourth-order valence-corrected chi connectivity index (χ4v) is 2.53. The number of hydrogen-bond acceptors (Lipinski definition) is 4. The lowest BCUT2D eigenvalue weighted by Gasteiger charge is -2.14. The van der Waals surface area contributed by atoms with Gasteiger partial charge in [-0.25, -0.2) is 4.98 Å². The van der Waals surface area contributed by atoms with Gasteiger partial charge in [0.15, 0.2) is 11.5 Å². The number of amides is 1. The lowest BCUT2D eigenvalue weighted by atomic mass is 10.1. The highest BCUT2D eigenvalue weighted by Crippen LogP contribution is 2.31. The zero-order valence-corrected chi connectivity index (χ0v) is 15.2. The molecule has 1 amide bonds. The highest BCUT2D eigenvalue weighted by atomic mass is 16.5. The first-order valence-electron chi connectivity index (χ1n) is 8.65. The van der Waals surface area contributed by atoms with E-state index in [1.165, 1.54) is 0 Å². The van der Waals surface area contributed by atoms with Crippen LogP contribution in [-0.2, 0) is 11.4 Å². The summed E-state index contributed by atoms with van der Waals surface area (Å²) in [7, 11) is 1.59. The summed E-state index contributed by atoms with van der Waals surface area (Å²) in [6, 6.07) is 11.2. The molecule has 6 nitrogen and oxygen atoms in total. The Bertz CT molecular complexity index is 871. The van der Waals surface area contributed by atoms with E-state index < -0.39 is 0 Å². The molecular weight excluding hydrogens is 330 g/mol. The molecule has 0 spiro atoms. The molecule has 136 valence electrons. The molecule has 0 bridgehead atoms. The number of methoxy groups -OCH3 is 1. The average molecular weight is 353 g/mol. The van der Waals surface area contributed by atoms with E-state index in [4.69, 9.17) is 9.47 Å². The van der Waals surface area contributed by atoms with Crippen LogP contribution in [0.3, 0.4) is 0 Å². The first-order valence-corrected chi connectivity index (χ1v) is 8.65. The molecule has 0 aliphatic rings. The third kappa shape index (κ3) is 3.96. The van der Waals surface area contributed by atoms with Crippen LogP contribution in [0.1, 0.15) is 26.0 Å². The maximum atomic E-state index is 12.1. The highest BCUT2D eigenvalue weighted by Gasteiger charge is 2.13. The lowest BCUT2D eigenvalue weighted by molar-refractivity contribution is -0.119. The minimum Gasteiger partial charge on any atom is -0.493 e. The van der Waals surface area contributed by atoms with Crippen molar-refractivity contribution in [1.82, 2.24) is 9.38 Å². The van der Waals surface area contributed by atoms with Crippen LogP contribution in [0.2, 0.25) is 0 Å². The molecule has 1 unspecified atom stereocenters. The lowest BCUT2D eigenvalue weighted by Crippen LogP contribution is -2.19. The van der Waals surface area contributed by atoms with Gasteiger partial charge in [-0.1, -0.05) is 19.9 Å². The summed E-state index contributed by atoms with van der Waals surface area (Å²) in [5.74, 6) is 1.12. The molecule has 0 aliphatic heterocycles. The molecule has 2 aromatic heterocycles. The average Bonchev–Trinajstić information content (AvgIpc) is 3.08. The largest absolute Gasteiger partial charge is 0.493 e. The molecule has 26 heavy (non-hydrogen) atoms. The van der Waals surface area contributed by atoms with Crippen molar-refractivity contribution in [3.8, 4) is 11.5 Å². The van der Waals surface area contributed by atoms with Gasteiger partial charge in [0.1, 0.15) is 12.3 Å². The van der Waals surface area contributed by atoms with Gasteiger partial charge in [0.05, 0.1) is 12.8 Å². The van der Waals surface area contributed by atoms with Crippen LogP contribution in [-0.4, -0.2) is 22.4 Å². The third-order valence-corrected chi connectivity index (χ3v) is 4.28. The molecule has 6 heteroatoms.